The number of carbonyl (C=O) groups excluding carboxylic acids is 1. The molecule has 2 rings (SSSR count). The summed E-state index contributed by atoms with van der Waals surface area (Å²) < 4.78 is 5.28. The van der Waals surface area contributed by atoms with Crippen molar-refractivity contribution in [3.8, 4) is 0 Å². The summed E-state index contributed by atoms with van der Waals surface area (Å²) in [5, 5.41) is 0.592. The normalized spacial score (nSPS) is 10.5. The summed E-state index contributed by atoms with van der Waals surface area (Å²) in [7, 11) is 0. The average molecular weight is 250 g/mol. The van der Waals surface area contributed by atoms with Crippen LogP contribution in [-0.4, -0.2) is 10.8 Å². The van der Waals surface area contributed by atoms with E-state index in [1.165, 1.54) is 0 Å². The van der Waals surface area contributed by atoms with Gasteiger partial charge in [-0.25, -0.2) is 4.98 Å². The highest BCUT2D eigenvalue weighted by molar-refractivity contribution is 6.31. The zero-order chi connectivity index (χ0) is 12.4. The molecule has 1 aromatic carbocycles. The topological polar surface area (TPSA) is 43.1 Å². The molecule has 3 nitrogen and oxygen atoms in total. The molecule has 0 radical (unpaired) electrons. The third-order valence-corrected chi connectivity index (χ3v) is 2.83. The fraction of sp³-hybridized carbons (Fsp3) is 0.231. The van der Waals surface area contributed by atoms with E-state index in [0.29, 0.717) is 22.4 Å². The maximum Gasteiger partial charge on any atom is 0.204 e. The van der Waals surface area contributed by atoms with Crippen molar-refractivity contribution in [3.05, 3.63) is 52.2 Å². The highest BCUT2D eigenvalue weighted by Crippen LogP contribution is 2.19. The van der Waals surface area contributed by atoms with Crippen LogP contribution in [-0.2, 0) is 6.42 Å². The monoisotopic (exact) mass is 249 g/mol. The molecule has 1 heterocycles. The molecule has 0 fully saturated rings. The molecule has 0 aliphatic heterocycles. The first kappa shape index (κ1) is 11.9. The van der Waals surface area contributed by atoms with Gasteiger partial charge in [0, 0.05) is 18.4 Å². The summed E-state index contributed by atoms with van der Waals surface area (Å²) >= 11 is 6.00. The minimum absolute atomic E-state index is 0.101. The molecule has 1 aromatic heterocycles. The lowest BCUT2D eigenvalue weighted by Gasteiger charge is -2.01. The van der Waals surface area contributed by atoms with Crippen LogP contribution in [0, 0.1) is 13.8 Å². The van der Waals surface area contributed by atoms with Crippen LogP contribution in [0.15, 0.2) is 28.7 Å². The second kappa shape index (κ2) is 4.72. The Hall–Kier alpha value is -1.61. The number of aryl methyl sites for hydroxylation is 2. The van der Waals surface area contributed by atoms with E-state index < -0.39 is 0 Å². The molecule has 88 valence electrons. The molecule has 4 heteroatoms. The van der Waals surface area contributed by atoms with Gasteiger partial charge >= 0.3 is 0 Å². The van der Waals surface area contributed by atoms with Gasteiger partial charge in [-0.05, 0) is 18.6 Å². The first-order valence-corrected chi connectivity index (χ1v) is 5.66. The Morgan fingerprint density at radius 2 is 2.06 bits per heavy atom. The van der Waals surface area contributed by atoms with Gasteiger partial charge in [0.05, 0.1) is 5.69 Å². The van der Waals surface area contributed by atoms with Gasteiger partial charge < -0.3 is 4.42 Å². The van der Waals surface area contributed by atoms with Crippen LogP contribution in [0.3, 0.4) is 0 Å². The van der Waals surface area contributed by atoms with Gasteiger partial charge in [-0.1, -0.05) is 29.8 Å². The number of hydrogen-bond acceptors (Lipinski definition) is 3. The van der Waals surface area contributed by atoms with Crippen LogP contribution in [0.25, 0.3) is 0 Å². The number of hydrogen-bond donors (Lipinski definition) is 0. The Morgan fingerprint density at radius 1 is 1.35 bits per heavy atom. The lowest BCUT2D eigenvalue weighted by molar-refractivity contribution is 0.0964. The van der Waals surface area contributed by atoms with Gasteiger partial charge in [-0.2, -0.15) is 0 Å². The number of rotatable bonds is 3. The largest absolute Gasteiger partial charge is 0.438 e. The zero-order valence-electron chi connectivity index (χ0n) is 9.66. The van der Waals surface area contributed by atoms with Crippen molar-refractivity contribution in [2.24, 2.45) is 0 Å². The summed E-state index contributed by atoms with van der Waals surface area (Å²) in [5.74, 6) is 0.726. The predicted molar refractivity (Wildman–Crippen MR) is 65.5 cm³/mol. The molecule has 0 saturated heterocycles. The molecule has 0 N–H and O–H groups in total. The number of ketones is 1. The molecular weight excluding hydrogens is 238 g/mol. The molecule has 2 aromatic rings. The van der Waals surface area contributed by atoms with Gasteiger partial charge in [0.25, 0.3) is 0 Å². The summed E-state index contributed by atoms with van der Waals surface area (Å²) in [6.07, 6.45) is 0.231. The minimum atomic E-state index is -0.101. The predicted octanol–water partition coefficient (Wildman–Crippen LogP) is 3.37. The lowest BCUT2D eigenvalue weighted by atomic mass is 10.1. The fourth-order valence-electron chi connectivity index (χ4n) is 1.69. The lowest BCUT2D eigenvalue weighted by Crippen LogP contribution is -2.04. The van der Waals surface area contributed by atoms with Gasteiger partial charge in [0.15, 0.2) is 11.7 Å². The Balaban J connectivity index is 2.23. The van der Waals surface area contributed by atoms with Crippen LogP contribution in [0.2, 0.25) is 5.02 Å². The number of nitrogens with zero attached hydrogens (tertiary/aromatic N) is 1. The van der Waals surface area contributed by atoms with E-state index in [0.717, 1.165) is 5.56 Å². The fourth-order valence-corrected chi connectivity index (χ4v) is 1.89. The number of benzene rings is 1. The van der Waals surface area contributed by atoms with Crippen LogP contribution in [0.4, 0.5) is 0 Å². The molecule has 0 unspecified atom stereocenters. The molecule has 0 aliphatic carbocycles. The number of oxazole rings is 1. The van der Waals surface area contributed by atoms with E-state index in [1.54, 1.807) is 19.9 Å². The molecule has 0 amide bonds. The van der Waals surface area contributed by atoms with E-state index in [9.17, 15) is 4.79 Å². The summed E-state index contributed by atoms with van der Waals surface area (Å²) in [6.45, 7) is 3.48. The summed E-state index contributed by atoms with van der Waals surface area (Å²) in [5.41, 5.74) is 1.42. The summed E-state index contributed by atoms with van der Waals surface area (Å²) in [6, 6.07) is 7.29. The van der Waals surface area contributed by atoms with Crippen LogP contribution in [0.5, 0.6) is 0 Å². The molecule has 0 saturated carbocycles. The van der Waals surface area contributed by atoms with E-state index in [-0.39, 0.29) is 12.2 Å². The molecule has 0 bridgehead atoms. The first-order chi connectivity index (χ1) is 8.08. The Morgan fingerprint density at radius 3 is 2.65 bits per heavy atom. The van der Waals surface area contributed by atoms with E-state index in [2.05, 4.69) is 4.98 Å². The Bertz CT molecular complexity index is 560. The van der Waals surface area contributed by atoms with Crippen molar-refractivity contribution in [2.75, 3.05) is 0 Å². The maximum atomic E-state index is 12.0. The van der Waals surface area contributed by atoms with E-state index >= 15 is 0 Å². The number of halogens is 1. The van der Waals surface area contributed by atoms with E-state index in [1.807, 2.05) is 18.2 Å². The van der Waals surface area contributed by atoms with Crippen molar-refractivity contribution in [3.63, 3.8) is 0 Å². The number of carbonyl (C=O) groups is 1. The van der Waals surface area contributed by atoms with Crippen LogP contribution in [0.1, 0.15) is 27.7 Å². The molecule has 0 spiro atoms. The van der Waals surface area contributed by atoms with Crippen LogP contribution >= 0.6 is 11.6 Å². The third-order valence-electron chi connectivity index (χ3n) is 2.47. The van der Waals surface area contributed by atoms with Crippen molar-refractivity contribution < 1.29 is 9.21 Å². The quantitative estimate of drug-likeness (QED) is 0.784. The SMILES string of the molecule is Cc1nc(C)c(C(=O)Cc2ccccc2Cl)o1. The molecule has 0 aliphatic rings. The molecule has 17 heavy (non-hydrogen) atoms. The minimum Gasteiger partial charge on any atom is -0.438 e. The van der Waals surface area contributed by atoms with Gasteiger partial charge in [-0.3, -0.25) is 4.79 Å². The second-order valence-corrected chi connectivity index (χ2v) is 4.25. The second-order valence-electron chi connectivity index (χ2n) is 3.84. The van der Waals surface area contributed by atoms with Crippen molar-refractivity contribution in [1.29, 1.82) is 0 Å². The van der Waals surface area contributed by atoms with Gasteiger partial charge in [0.2, 0.25) is 5.78 Å². The molecular formula is C13H12ClNO2. The summed E-state index contributed by atoms with van der Waals surface area (Å²) in [4.78, 5) is 16.1. The average Bonchev–Trinajstić information content (AvgIpc) is 2.61. The van der Waals surface area contributed by atoms with Crippen molar-refractivity contribution in [2.45, 2.75) is 20.3 Å². The van der Waals surface area contributed by atoms with E-state index in [4.69, 9.17) is 16.0 Å². The zero-order valence-corrected chi connectivity index (χ0v) is 10.4. The van der Waals surface area contributed by atoms with Crippen LogP contribution < -0.4 is 0 Å². The number of Topliss-reactive ketones (excluding diaryl/α,β-unsaturated/α-hetero) is 1. The highest BCUT2D eigenvalue weighted by atomic mass is 35.5. The third kappa shape index (κ3) is 2.56. The van der Waals surface area contributed by atoms with Gasteiger partial charge in [0.1, 0.15) is 0 Å². The maximum absolute atomic E-state index is 12.0. The smallest absolute Gasteiger partial charge is 0.204 e. The first-order valence-electron chi connectivity index (χ1n) is 5.28. The van der Waals surface area contributed by atoms with Crippen molar-refractivity contribution >= 4 is 17.4 Å². The van der Waals surface area contributed by atoms with Crippen molar-refractivity contribution in [1.82, 2.24) is 4.98 Å². The number of aromatic nitrogens is 1. The highest BCUT2D eigenvalue weighted by Gasteiger charge is 2.17. The standard InChI is InChI=1S/C13H12ClNO2/c1-8-13(17-9(2)15-8)12(16)7-10-5-3-4-6-11(10)14/h3-6H,7H2,1-2H3. The Labute approximate surface area is 104 Å². The Kier molecular flexibility index (Phi) is 3.29. The van der Waals surface area contributed by atoms with Gasteiger partial charge in [-0.15, -0.1) is 0 Å². The molecule has 0 atom stereocenters.